The third-order valence-corrected chi connectivity index (χ3v) is 21.0. The Bertz CT molecular complexity index is 776. The second-order valence-corrected chi connectivity index (χ2v) is 18.3. The highest BCUT2D eigenvalue weighted by Crippen LogP contribution is 2.86. The Morgan fingerprint density at radius 2 is 1.96 bits per heavy atom. The molecule has 0 aliphatic carbocycles. The number of rotatable bonds is 9. The Labute approximate surface area is 165 Å². The maximum Gasteiger partial charge on any atom is 0.175 e. The molecule has 0 saturated carbocycles. The maximum atomic E-state index is 14.1. The summed E-state index contributed by atoms with van der Waals surface area (Å²) in [6.07, 6.45) is 10.3. The second kappa shape index (κ2) is 6.72. The molecule has 4 fully saturated rings. The zero-order valence-electron chi connectivity index (χ0n) is 15.3. The lowest BCUT2D eigenvalue weighted by molar-refractivity contribution is 0.507. The van der Waals surface area contributed by atoms with Crippen molar-refractivity contribution in [3.05, 3.63) is 35.0 Å². The standard InChI is InChI=1S/C18H26B2O2P2S2/c1-3-5-13(2)17(8-16-6-4-7-25-16)26(21,22)18(23-11-14-9-19(14)23)24-12-15-10-20(15)24/h3-4,6-7,13-15,17-18H,1,5,8-12H2,2H3/t13-,14?,15?,17+,18?,23?,24?/m1/s1. The number of thiophene rings is 1. The molecule has 0 bridgehead atoms. The third-order valence-electron chi connectivity index (χ3n) is 6.95. The zero-order chi connectivity index (χ0) is 18.1. The summed E-state index contributed by atoms with van der Waals surface area (Å²) >= 11 is 1.71. The molecule has 4 aliphatic heterocycles. The average Bonchev–Trinajstić information content (AvgIpc) is 3.31. The lowest BCUT2D eigenvalue weighted by atomic mass is 9.99. The highest BCUT2D eigenvalue weighted by Gasteiger charge is 2.68. The van der Waals surface area contributed by atoms with Crippen LogP contribution in [0.1, 0.15) is 18.2 Å². The van der Waals surface area contributed by atoms with Gasteiger partial charge in [-0.25, -0.2) is 8.42 Å². The molecular weight excluding hydrogens is 396 g/mol. The van der Waals surface area contributed by atoms with Gasteiger partial charge in [-0.05, 0) is 42.5 Å². The van der Waals surface area contributed by atoms with Crippen LogP contribution in [0.25, 0.3) is 0 Å². The summed E-state index contributed by atoms with van der Waals surface area (Å²) in [5, 5.41) is 1.86. The van der Waals surface area contributed by atoms with E-state index in [0.717, 1.165) is 30.9 Å². The van der Waals surface area contributed by atoms with E-state index in [2.05, 4.69) is 31.0 Å². The van der Waals surface area contributed by atoms with Gasteiger partial charge in [0.25, 0.3) is 0 Å². The first-order valence-corrected chi connectivity index (χ1v) is 15.7. The van der Waals surface area contributed by atoms with Gasteiger partial charge in [0.2, 0.25) is 0 Å². The van der Waals surface area contributed by atoms with Gasteiger partial charge in [-0.15, -0.1) is 33.5 Å². The van der Waals surface area contributed by atoms with Crippen LogP contribution in [-0.2, 0) is 16.3 Å². The molecule has 1 aromatic rings. The van der Waals surface area contributed by atoms with Crippen molar-refractivity contribution in [3.8, 4) is 0 Å². The Hall–Kier alpha value is 0.380. The molecular formula is C18H26B2O2P2S2. The van der Waals surface area contributed by atoms with Crippen molar-refractivity contribution in [2.45, 2.75) is 54.0 Å². The van der Waals surface area contributed by atoms with Crippen LogP contribution >= 0.6 is 26.9 Å². The molecule has 6 atom stereocenters. The fourth-order valence-electron chi connectivity index (χ4n) is 5.12. The molecule has 0 N–H and O–H groups in total. The summed E-state index contributed by atoms with van der Waals surface area (Å²) in [6, 6.07) is 4.16. The van der Waals surface area contributed by atoms with Crippen molar-refractivity contribution in [3.63, 3.8) is 0 Å². The molecule has 0 spiro atoms. The Kier molecular flexibility index (Phi) is 4.76. The third kappa shape index (κ3) is 3.02. The largest absolute Gasteiger partial charge is 0.228 e. The molecule has 0 radical (unpaired) electrons. The van der Waals surface area contributed by atoms with Crippen LogP contribution in [0.2, 0.25) is 24.3 Å². The van der Waals surface area contributed by atoms with Crippen LogP contribution in [0.4, 0.5) is 0 Å². The molecule has 8 heteroatoms. The summed E-state index contributed by atoms with van der Waals surface area (Å²) in [5.74, 6) is 1.98. The van der Waals surface area contributed by atoms with Crippen LogP contribution < -0.4 is 0 Å². The minimum absolute atomic E-state index is 0.0808. The second-order valence-electron chi connectivity index (χ2n) is 8.76. The van der Waals surface area contributed by atoms with E-state index >= 15 is 0 Å². The molecule has 1 aromatic heterocycles. The summed E-state index contributed by atoms with van der Waals surface area (Å²) in [4.78, 5) is 1.23. The molecule has 5 heterocycles. The predicted octanol–water partition coefficient (Wildman–Crippen LogP) is 5.31. The summed E-state index contributed by atoms with van der Waals surface area (Å²) in [6.45, 7) is 6.02. The van der Waals surface area contributed by atoms with Gasteiger partial charge in [0.1, 0.15) is 0 Å². The van der Waals surface area contributed by atoms with Gasteiger partial charge < -0.3 is 0 Å². The number of hydrogen-bond acceptors (Lipinski definition) is 3. The van der Waals surface area contributed by atoms with Crippen molar-refractivity contribution < 1.29 is 8.42 Å². The quantitative estimate of drug-likeness (QED) is 0.307. The van der Waals surface area contributed by atoms with E-state index < -0.39 is 9.84 Å². The molecule has 4 aliphatic rings. The van der Waals surface area contributed by atoms with Crippen molar-refractivity contribution in [2.24, 2.45) is 5.92 Å². The Morgan fingerprint density at radius 1 is 1.31 bits per heavy atom. The van der Waals surface area contributed by atoms with Gasteiger partial charge in [-0.1, -0.05) is 43.3 Å². The maximum absolute atomic E-state index is 14.1. The van der Waals surface area contributed by atoms with Gasteiger partial charge in [-0.3, -0.25) is 0 Å². The Morgan fingerprint density at radius 3 is 2.38 bits per heavy atom. The first kappa shape index (κ1) is 18.4. The molecule has 0 aromatic carbocycles. The Balaban J connectivity index is 1.45. The number of sulfone groups is 1. The van der Waals surface area contributed by atoms with Gasteiger partial charge in [0.05, 0.1) is 9.98 Å². The smallest absolute Gasteiger partial charge is 0.175 e. The van der Waals surface area contributed by atoms with Gasteiger partial charge in [0, 0.05) is 4.88 Å². The summed E-state index contributed by atoms with van der Waals surface area (Å²) < 4.78 is 28.2. The van der Waals surface area contributed by atoms with Crippen LogP contribution in [0.3, 0.4) is 0 Å². The number of allylic oxidation sites excluding steroid dienone is 1. The lowest BCUT2D eigenvalue weighted by Crippen LogP contribution is -2.40. The highest BCUT2D eigenvalue weighted by molar-refractivity contribution is 8.22. The van der Waals surface area contributed by atoms with E-state index in [0.29, 0.717) is 6.42 Å². The van der Waals surface area contributed by atoms with E-state index in [1.807, 2.05) is 6.08 Å². The van der Waals surface area contributed by atoms with Crippen molar-refractivity contribution in [1.29, 1.82) is 0 Å². The van der Waals surface area contributed by atoms with Crippen LogP contribution in [0.15, 0.2) is 30.2 Å². The van der Waals surface area contributed by atoms with E-state index in [-0.39, 0.29) is 31.5 Å². The van der Waals surface area contributed by atoms with Crippen LogP contribution in [-0.4, -0.2) is 43.6 Å². The minimum Gasteiger partial charge on any atom is -0.228 e. The van der Waals surface area contributed by atoms with E-state index in [4.69, 9.17) is 0 Å². The zero-order valence-corrected chi connectivity index (χ0v) is 18.7. The van der Waals surface area contributed by atoms with Gasteiger partial charge in [-0.2, -0.15) is 0 Å². The lowest BCUT2D eigenvalue weighted by Gasteiger charge is -2.44. The summed E-state index contributed by atoms with van der Waals surface area (Å²) in [5.41, 5.74) is 0. The highest BCUT2D eigenvalue weighted by atomic mass is 32.2. The fourth-order valence-corrected chi connectivity index (χ4v) is 21.0. The first-order chi connectivity index (χ1) is 12.5. The number of fused-ring (bicyclic) bond motifs is 2. The first-order valence-electron chi connectivity index (χ1n) is 9.88. The molecule has 138 valence electrons. The molecule has 4 saturated heterocycles. The monoisotopic (exact) mass is 422 g/mol. The molecule has 4 unspecified atom stereocenters. The van der Waals surface area contributed by atoms with Gasteiger partial charge >= 0.3 is 0 Å². The molecule has 2 nitrogen and oxygen atoms in total. The topological polar surface area (TPSA) is 34.1 Å². The summed E-state index contributed by atoms with van der Waals surface area (Å²) in [7, 11) is -3.56. The molecule has 0 amide bonds. The van der Waals surface area contributed by atoms with Crippen molar-refractivity contribution in [1.82, 2.24) is 0 Å². The fraction of sp³-hybridized carbons (Fsp3) is 0.667. The average molecular weight is 422 g/mol. The predicted molar refractivity (Wildman–Crippen MR) is 121 cm³/mol. The van der Waals surface area contributed by atoms with E-state index in [9.17, 15) is 8.42 Å². The van der Waals surface area contributed by atoms with Crippen molar-refractivity contribution >= 4 is 49.6 Å². The minimum atomic E-state index is -3.08. The SMILES string of the molecule is C=CC[C@@H](C)[C@H](Cc1cccs1)S(=O)(=O)C(P1CC2CB21)P1CC2CB21. The molecule has 26 heavy (non-hydrogen) atoms. The van der Waals surface area contributed by atoms with Crippen molar-refractivity contribution in [2.75, 3.05) is 12.3 Å². The van der Waals surface area contributed by atoms with E-state index in [1.165, 1.54) is 29.8 Å². The molecule has 5 rings (SSSR count). The normalized spacial score (nSPS) is 34.7. The number of hydrogen-bond donors (Lipinski definition) is 0. The van der Waals surface area contributed by atoms with Crippen LogP contribution in [0, 0.1) is 5.92 Å². The van der Waals surface area contributed by atoms with E-state index in [1.54, 1.807) is 11.3 Å². The van der Waals surface area contributed by atoms with Crippen LogP contribution in [0.5, 0.6) is 0 Å². The van der Waals surface area contributed by atoms with Gasteiger partial charge in [0.15, 0.2) is 22.7 Å².